The van der Waals surface area contributed by atoms with Crippen molar-refractivity contribution >= 4 is 5.97 Å². The van der Waals surface area contributed by atoms with E-state index in [-0.39, 0.29) is 12.6 Å². The molecule has 0 bridgehead atoms. The molecule has 0 aromatic rings. The van der Waals surface area contributed by atoms with E-state index < -0.39 is 0 Å². The predicted molar refractivity (Wildman–Crippen MR) is 51.6 cm³/mol. The SMILES string of the molecule is CCCCCCCOC(=O)COC. The summed E-state index contributed by atoms with van der Waals surface area (Å²) in [6, 6.07) is 0. The van der Waals surface area contributed by atoms with Crippen molar-refractivity contribution in [1.82, 2.24) is 0 Å². The molecule has 3 heteroatoms. The van der Waals surface area contributed by atoms with Crippen LogP contribution >= 0.6 is 0 Å². The van der Waals surface area contributed by atoms with Crippen LogP contribution in [0.2, 0.25) is 0 Å². The molecule has 0 atom stereocenters. The summed E-state index contributed by atoms with van der Waals surface area (Å²) in [6.45, 7) is 2.78. The Bertz CT molecular complexity index is 123. The van der Waals surface area contributed by atoms with E-state index in [1.54, 1.807) is 0 Å². The highest BCUT2D eigenvalue weighted by Crippen LogP contribution is 2.02. The third-order valence-corrected chi connectivity index (χ3v) is 1.77. The van der Waals surface area contributed by atoms with Crippen LogP contribution in [0.1, 0.15) is 39.0 Å². The normalized spacial score (nSPS) is 10.0. The Morgan fingerprint density at radius 1 is 1.15 bits per heavy atom. The smallest absolute Gasteiger partial charge is 0.332 e. The lowest BCUT2D eigenvalue weighted by molar-refractivity contribution is -0.148. The maximum absolute atomic E-state index is 10.8. The van der Waals surface area contributed by atoms with Crippen LogP contribution in [-0.4, -0.2) is 26.3 Å². The number of methoxy groups -OCH3 is 1. The molecule has 0 aromatic carbocycles. The fourth-order valence-corrected chi connectivity index (χ4v) is 1.05. The molecule has 0 fully saturated rings. The van der Waals surface area contributed by atoms with Crippen molar-refractivity contribution in [3.63, 3.8) is 0 Å². The molecule has 0 aromatic heterocycles. The van der Waals surface area contributed by atoms with Gasteiger partial charge in [0.25, 0.3) is 0 Å². The number of rotatable bonds is 8. The minimum Gasteiger partial charge on any atom is -0.464 e. The first-order valence-corrected chi connectivity index (χ1v) is 4.95. The maximum atomic E-state index is 10.8. The van der Waals surface area contributed by atoms with Crippen molar-refractivity contribution in [1.29, 1.82) is 0 Å². The first kappa shape index (κ1) is 12.4. The van der Waals surface area contributed by atoms with Crippen molar-refractivity contribution in [3.05, 3.63) is 0 Å². The van der Waals surface area contributed by atoms with E-state index >= 15 is 0 Å². The molecule has 0 amide bonds. The van der Waals surface area contributed by atoms with E-state index in [2.05, 4.69) is 11.7 Å². The minimum absolute atomic E-state index is 0.0644. The van der Waals surface area contributed by atoms with Gasteiger partial charge in [-0.15, -0.1) is 0 Å². The average molecular weight is 188 g/mol. The van der Waals surface area contributed by atoms with Crippen LogP contribution in [0, 0.1) is 0 Å². The molecule has 0 spiro atoms. The van der Waals surface area contributed by atoms with Crippen LogP contribution in [0.3, 0.4) is 0 Å². The molecule has 3 nitrogen and oxygen atoms in total. The molecule has 0 saturated heterocycles. The first-order chi connectivity index (χ1) is 6.31. The van der Waals surface area contributed by atoms with E-state index in [4.69, 9.17) is 4.74 Å². The Hall–Kier alpha value is -0.570. The molecule has 0 aliphatic rings. The highest BCUT2D eigenvalue weighted by atomic mass is 16.6. The van der Waals surface area contributed by atoms with E-state index in [1.165, 1.54) is 26.4 Å². The predicted octanol–water partition coefficient (Wildman–Crippen LogP) is 2.15. The van der Waals surface area contributed by atoms with Gasteiger partial charge < -0.3 is 9.47 Å². The molecule has 0 unspecified atom stereocenters. The summed E-state index contributed by atoms with van der Waals surface area (Å²) in [5.74, 6) is -0.266. The number of unbranched alkanes of at least 4 members (excludes halogenated alkanes) is 4. The summed E-state index contributed by atoms with van der Waals surface area (Å²) in [5, 5.41) is 0. The zero-order valence-corrected chi connectivity index (χ0v) is 8.67. The van der Waals surface area contributed by atoms with Crippen LogP contribution in [0.25, 0.3) is 0 Å². The van der Waals surface area contributed by atoms with E-state index in [9.17, 15) is 4.79 Å². The summed E-state index contributed by atoms with van der Waals surface area (Å²) in [6.07, 6.45) is 5.86. The zero-order valence-electron chi connectivity index (χ0n) is 8.67. The van der Waals surface area contributed by atoms with Gasteiger partial charge in [-0.3, -0.25) is 0 Å². The lowest BCUT2D eigenvalue weighted by Crippen LogP contribution is -2.11. The number of carbonyl (C=O) groups excluding carboxylic acids is 1. The van der Waals surface area contributed by atoms with Crippen LogP contribution < -0.4 is 0 Å². The van der Waals surface area contributed by atoms with Gasteiger partial charge in [0.05, 0.1) is 6.61 Å². The Morgan fingerprint density at radius 2 is 1.85 bits per heavy atom. The van der Waals surface area contributed by atoms with Gasteiger partial charge in [-0.05, 0) is 6.42 Å². The lowest BCUT2D eigenvalue weighted by Gasteiger charge is -2.03. The summed E-state index contributed by atoms with van der Waals surface area (Å²) in [4.78, 5) is 10.8. The fourth-order valence-electron chi connectivity index (χ4n) is 1.05. The minimum atomic E-state index is -0.266. The molecule has 13 heavy (non-hydrogen) atoms. The summed E-state index contributed by atoms with van der Waals surface area (Å²) in [5.41, 5.74) is 0. The highest BCUT2D eigenvalue weighted by Gasteiger charge is 1.99. The van der Waals surface area contributed by atoms with Gasteiger partial charge >= 0.3 is 5.97 Å². The van der Waals surface area contributed by atoms with E-state index in [1.807, 2.05) is 0 Å². The highest BCUT2D eigenvalue weighted by molar-refractivity contribution is 5.70. The van der Waals surface area contributed by atoms with Gasteiger partial charge in [-0.25, -0.2) is 4.79 Å². The number of hydrogen-bond acceptors (Lipinski definition) is 3. The van der Waals surface area contributed by atoms with Crippen LogP contribution in [0.4, 0.5) is 0 Å². The van der Waals surface area contributed by atoms with Gasteiger partial charge in [0, 0.05) is 7.11 Å². The quantitative estimate of drug-likeness (QED) is 0.432. The Balaban J connectivity index is 3.02. The second-order valence-electron chi connectivity index (χ2n) is 3.07. The topological polar surface area (TPSA) is 35.5 Å². The molecule has 0 aliphatic heterocycles. The number of ether oxygens (including phenoxy) is 2. The van der Waals surface area contributed by atoms with Crippen molar-refractivity contribution < 1.29 is 14.3 Å². The van der Waals surface area contributed by atoms with Crippen LogP contribution in [-0.2, 0) is 14.3 Å². The molecule has 0 N–H and O–H groups in total. The largest absolute Gasteiger partial charge is 0.464 e. The molecular weight excluding hydrogens is 168 g/mol. The standard InChI is InChI=1S/C10H20O3/c1-3-4-5-6-7-8-13-10(11)9-12-2/h3-9H2,1-2H3. The van der Waals surface area contributed by atoms with Crippen LogP contribution in [0.15, 0.2) is 0 Å². The third kappa shape index (κ3) is 9.34. The van der Waals surface area contributed by atoms with Gasteiger partial charge in [-0.1, -0.05) is 32.6 Å². The zero-order chi connectivity index (χ0) is 9.94. The van der Waals surface area contributed by atoms with Gasteiger partial charge in [0.2, 0.25) is 0 Å². The monoisotopic (exact) mass is 188 g/mol. The second-order valence-corrected chi connectivity index (χ2v) is 3.07. The van der Waals surface area contributed by atoms with E-state index in [0.717, 1.165) is 12.8 Å². The Morgan fingerprint density at radius 3 is 2.46 bits per heavy atom. The average Bonchev–Trinajstić information content (AvgIpc) is 2.11. The van der Waals surface area contributed by atoms with Crippen molar-refractivity contribution in [2.75, 3.05) is 20.3 Å². The van der Waals surface area contributed by atoms with Gasteiger partial charge in [0.15, 0.2) is 0 Å². The van der Waals surface area contributed by atoms with Crippen molar-refractivity contribution in [2.45, 2.75) is 39.0 Å². The summed E-state index contributed by atoms with van der Waals surface area (Å²) in [7, 11) is 1.49. The molecule has 78 valence electrons. The summed E-state index contributed by atoms with van der Waals surface area (Å²) >= 11 is 0. The lowest BCUT2D eigenvalue weighted by atomic mass is 10.2. The van der Waals surface area contributed by atoms with E-state index in [0.29, 0.717) is 6.61 Å². The number of esters is 1. The third-order valence-electron chi connectivity index (χ3n) is 1.77. The second kappa shape index (κ2) is 9.52. The molecule has 0 saturated carbocycles. The molecule has 0 heterocycles. The Kier molecular flexibility index (Phi) is 9.10. The van der Waals surface area contributed by atoms with Crippen molar-refractivity contribution in [3.8, 4) is 0 Å². The van der Waals surface area contributed by atoms with Gasteiger partial charge in [0.1, 0.15) is 6.61 Å². The molecule has 0 radical (unpaired) electrons. The van der Waals surface area contributed by atoms with Crippen LogP contribution in [0.5, 0.6) is 0 Å². The van der Waals surface area contributed by atoms with Crippen molar-refractivity contribution in [2.24, 2.45) is 0 Å². The first-order valence-electron chi connectivity index (χ1n) is 4.95. The number of hydrogen-bond donors (Lipinski definition) is 0. The van der Waals surface area contributed by atoms with Gasteiger partial charge in [-0.2, -0.15) is 0 Å². The number of carbonyl (C=O) groups is 1. The fraction of sp³-hybridized carbons (Fsp3) is 0.900. The Labute approximate surface area is 80.4 Å². The molecule has 0 aliphatic carbocycles. The molecular formula is C10H20O3. The molecule has 0 rings (SSSR count). The maximum Gasteiger partial charge on any atom is 0.332 e. The summed E-state index contributed by atoms with van der Waals surface area (Å²) < 4.78 is 9.52.